The summed E-state index contributed by atoms with van der Waals surface area (Å²) >= 11 is 0. The van der Waals surface area contributed by atoms with E-state index >= 15 is 0 Å². The van der Waals surface area contributed by atoms with E-state index in [9.17, 15) is 14.4 Å². The van der Waals surface area contributed by atoms with Gasteiger partial charge >= 0.3 is 12.1 Å². The number of nitrogens with zero attached hydrogens (tertiary/aromatic N) is 1. The van der Waals surface area contributed by atoms with Crippen molar-refractivity contribution >= 4 is 18.0 Å². The lowest BCUT2D eigenvalue weighted by Gasteiger charge is -2.47. The van der Waals surface area contributed by atoms with Gasteiger partial charge in [-0.05, 0) is 29.2 Å². The first kappa shape index (κ1) is 24.7. The third kappa shape index (κ3) is 5.63. The molecule has 2 aromatic rings. The van der Waals surface area contributed by atoms with Gasteiger partial charge in [-0.2, -0.15) is 0 Å². The molecule has 0 bridgehead atoms. The number of hydrogen-bond donors (Lipinski definition) is 2. The highest BCUT2D eigenvalue weighted by Crippen LogP contribution is 2.44. The number of ether oxygens (including phenoxy) is 3. The first-order valence-corrected chi connectivity index (χ1v) is 11.5. The highest BCUT2D eigenvalue weighted by atomic mass is 16.5. The molecule has 2 N–H and O–H groups in total. The summed E-state index contributed by atoms with van der Waals surface area (Å²) in [5.41, 5.74) is 3.93. The molecule has 35 heavy (non-hydrogen) atoms. The molecule has 1 aliphatic heterocycles. The van der Waals surface area contributed by atoms with Crippen molar-refractivity contribution in [3.63, 3.8) is 0 Å². The van der Waals surface area contributed by atoms with E-state index in [4.69, 9.17) is 19.3 Å². The highest BCUT2D eigenvalue weighted by Gasteiger charge is 2.43. The zero-order valence-electron chi connectivity index (χ0n) is 19.9. The molecule has 1 atom stereocenters. The van der Waals surface area contributed by atoms with Gasteiger partial charge in [-0.25, -0.2) is 9.59 Å². The molecule has 2 aromatic carbocycles. The summed E-state index contributed by atoms with van der Waals surface area (Å²) in [6.45, 7) is 2.33. The summed E-state index contributed by atoms with van der Waals surface area (Å²) in [6.07, 6.45) is -1.01. The van der Waals surface area contributed by atoms with Crippen LogP contribution in [0.2, 0.25) is 0 Å². The van der Waals surface area contributed by atoms with E-state index in [0.29, 0.717) is 13.1 Å². The Morgan fingerprint density at radius 3 is 2.26 bits per heavy atom. The molecule has 9 nitrogen and oxygen atoms in total. The van der Waals surface area contributed by atoms with E-state index in [1.807, 2.05) is 24.3 Å². The van der Waals surface area contributed by atoms with E-state index in [1.165, 1.54) is 7.11 Å². The number of rotatable bonds is 10. The van der Waals surface area contributed by atoms with Crippen LogP contribution in [0.25, 0.3) is 11.1 Å². The lowest BCUT2D eigenvalue weighted by Crippen LogP contribution is -2.63. The van der Waals surface area contributed by atoms with E-state index in [0.717, 1.165) is 22.3 Å². The standard InChI is InChI=1S/C26H30N2O7/c1-26(35-14-24(30)31)15-28(16-26)23(29)11-17(33-2)12-27-25(32)34-13-22-20-9-5-3-7-18(20)19-8-4-6-10-21(19)22/h3-10,17,22H,11-16H2,1-2H3,(H,27,32)(H,30,31). The van der Waals surface area contributed by atoms with Crippen LogP contribution in [-0.4, -0.2) is 79.6 Å². The summed E-state index contributed by atoms with van der Waals surface area (Å²) < 4.78 is 16.2. The molecule has 1 fully saturated rings. The molecular weight excluding hydrogens is 452 g/mol. The fourth-order valence-electron chi connectivity index (χ4n) is 4.67. The number of nitrogens with one attached hydrogen (secondary N) is 1. The fraction of sp³-hybridized carbons (Fsp3) is 0.423. The monoisotopic (exact) mass is 482 g/mol. The number of carbonyl (C=O) groups excluding carboxylic acids is 2. The zero-order chi connectivity index (χ0) is 25.0. The number of likely N-dealkylation sites (tertiary alicyclic amines) is 1. The Bertz CT molecular complexity index is 1050. The Kier molecular flexibility index (Phi) is 7.37. The van der Waals surface area contributed by atoms with Gasteiger partial charge in [0.05, 0.1) is 25.6 Å². The van der Waals surface area contributed by atoms with Crippen molar-refractivity contribution in [2.75, 3.05) is 40.0 Å². The molecular formula is C26H30N2O7. The zero-order valence-corrected chi connectivity index (χ0v) is 19.9. The molecule has 186 valence electrons. The molecule has 1 heterocycles. The molecule has 0 saturated carbocycles. The quantitative estimate of drug-likeness (QED) is 0.535. The Hall–Kier alpha value is -3.43. The van der Waals surface area contributed by atoms with Crippen LogP contribution in [0.1, 0.15) is 30.4 Å². The van der Waals surface area contributed by atoms with Crippen LogP contribution in [0.5, 0.6) is 0 Å². The number of hydrogen-bond acceptors (Lipinski definition) is 6. The maximum atomic E-state index is 12.5. The van der Waals surface area contributed by atoms with E-state index in [-0.39, 0.29) is 31.4 Å². The molecule has 2 aliphatic rings. The second-order valence-electron chi connectivity index (χ2n) is 9.15. The van der Waals surface area contributed by atoms with Gasteiger partial charge in [0.15, 0.2) is 0 Å². The third-order valence-electron chi connectivity index (χ3n) is 6.50. The van der Waals surface area contributed by atoms with Crippen molar-refractivity contribution in [2.45, 2.75) is 31.0 Å². The van der Waals surface area contributed by atoms with Crippen molar-refractivity contribution in [2.24, 2.45) is 0 Å². The minimum absolute atomic E-state index is 0.0305. The predicted molar refractivity (Wildman–Crippen MR) is 127 cm³/mol. The number of methoxy groups -OCH3 is 1. The smallest absolute Gasteiger partial charge is 0.407 e. The van der Waals surface area contributed by atoms with Gasteiger partial charge in [-0.3, -0.25) is 4.79 Å². The predicted octanol–water partition coefficient (Wildman–Crippen LogP) is 2.63. The maximum Gasteiger partial charge on any atom is 0.407 e. The van der Waals surface area contributed by atoms with Gasteiger partial charge in [0.25, 0.3) is 0 Å². The third-order valence-corrected chi connectivity index (χ3v) is 6.50. The van der Waals surface area contributed by atoms with Crippen molar-refractivity contribution in [3.05, 3.63) is 59.7 Å². The summed E-state index contributed by atoms with van der Waals surface area (Å²) in [5, 5.41) is 11.4. The second kappa shape index (κ2) is 10.5. The number of carbonyl (C=O) groups is 3. The highest BCUT2D eigenvalue weighted by molar-refractivity contribution is 5.79. The first-order chi connectivity index (χ1) is 16.8. The molecule has 0 spiro atoms. The van der Waals surface area contributed by atoms with Crippen molar-refractivity contribution in [3.8, 4) is 11.1 Å². The van der Waals surface area contributed by atoms with Gasteiger partial charge in [-0.15, -0.1) is 0 Å². The number of benzene rings is 2. The minimum Gasteiger partial charge on any atom is -0.480 e. The number of alkyl carbamates (subject to hydrolysis) is 1. The van der Waals surface area contributed by atoms with Crippen LogP contribution >= 0.6 is 0 Å². The average Bonchev–Trinajstić information content (AvgIpc) is 3.15. The molecule has 1 unspecified atom stereocenters. The Labute approximate surface area is 204 Å². The largest absolute Gasteiger partial charge is 0.480 e. The van der Waals surface area contributed by atoms with Crippen LogP contribution in [0.3, 0.4) is 0 Å². The number of aliphatic carboxylic acids is 1. The molecule has 9 heteroatoms. The summed E-state index contributed by atoms with van der Waals surface area (Å²) in [6, 6.07) is 16.2. The molecule has 0 aromatic heterocycles. The minimum atomic E-state index is -1.05. The van der Waals surface area contributed by atoms with Gasteiger partial charge in [0, 0.05) is 19.6 Å². The normalized spacial score (nSPS) is 16.6. The SMILES string of the molecule is COC(CNC(=O)OCC1c2ccccc2-c2ccccc21)CC(=O)N1CC(C)(OCC(=O)O)C1. The number of carboxylic acids is 1. The van der Waals surface area contributed by atoms with Crippen LogP contribution in [0, 0.1) is 0 Å². The van der Waals surface area contributed by atoms with Crippen LogP contribution < -0.4 is 5.32 Å². The number of carboxylic acid groups (broad SMARTS) is 1. The Morgan fingerprint density at radius 2 is 1.69 bits per heavy atom. The van der Waals surface area contributed by atoms with E-state index in [2.05, 4.69) is 29.6 Å². The second-order valence-corrected chi connectivity index (χ2v) is 9.15. The van der Waals surface area contributed by atoms with Crippen molar-refractivity contribution in [1.82, 2.24) is 10.2 Å². The van der Waals surface area contributed by atoms with E-state index in [1.54, 1.807) is 11.8 Å². The van der Waals surface area contributed by atoms with Gasteiger partial charge in [0.1, 0.15) is 18.8 Å². The topological polar surface area (TPSA) is 114 Å². The average molecular weight is 483 g/mol. The molecule has 1 aliphatic carbocycles. The Morgan fingerprint density at radius 1 is 1.09 bits per heavy atom. The summed E-state index contributed by atoms with van der Waals surface area (Å²) in [5.74, 6) is -1.23. The molecule has 1 saturated heterocycles. The maximum absolute atomic E-state index is 12.5. The van der Waals surface area contributed by atoms with Crippen LogP contribution in [0.15, 0.2) is 48.5 Å². The van der Waals surface area contributed by atoms with E-state index < -0.39 is 30.4 Å². The first-order valence-electron chi connectivity index (χ1n) is 11.5. The van der Waals surface area contributed by atoms with Crippen LogP contribution in [-0.2, 0) is 23.8 Å². The number of amides is 2. The molecule has 4 rings (SSSR count). The lowest BCUT2D eigenvalue weighted by atomic mass is 9.95. The molecule has 2 amide bonds. The Balaban J connectivity index is 1.23. The summed E-state index contributed by atoms with van der Waals surface area (Å²) in [4.78, 5) is 37.2. The lowest BCUT2D eigenvalue weighted by molar-refractivity contribution is -0.174. The van der Waals surface area contributed by atoms with Gasteiger partial charge in [0.2, 0.25) is 5.91 Å². The van der Waals surface area contributed by atoms with Gasteiger partial charge in [-0.1, -0.05) is 48.5 Å². The number of fused-ring (bicyclic) bond motifs is 3. The van der Waals surface area contributed by atoms with Gasteiger partial charge < -0.3 is 29.5 Å². The fourth-order valence-corrected chi connectivity index (χ4v) is 4.67. The van der Waals surface area contributed by atoms with Crippen molar-refractivity contribution in [1.29, 1.82) is 0 Å². The molecule has 0 radical (unpaired) electrons. The van der Waals surface area contributed by atoms with Crippen molar-refractivity contribution < 1.29 is 33.7 Å². The van der Waals surface area contributed by atoms with Crippen LogP contribution in [0.4, 0.5) is 4.79 Å². The summed E-state index contributed by atoms with van der Waals surface area (Å²) in [7, 11) is 1.48.